The minimum Gasteiger partial charge on any atom is -0.345 e. The Kier molecular flexibility index (Phi) is 7.47. The van der Waals surface area contributed by atoms with Crippen LogP contribution in [0.15, 0.2) is 84.0 Å². The quantitative estimate of drug-likeness (QED) is 0.278. The summed E-state index contributed by atoms with van der Waals surface area (Å²) in [6.07, 6.45) is 3.59. The van der Waals surface area contributed by atoms with E-state index in [2.05, 4.69) is 58.8 Å². The number of aryl methyl sites for hydroxylation is 1. The number of nitrogens with zero attached hydrogens (tertiary/aromatic N) is 3. The van der Waals surface area contributed by atoms with Crippen molar-refractivity contribution in [1.82, 2.24) is 20.1 Å². The topological polar surface area (TPSA) is 59.8 Å². The van der Waals surface area contributed by atoms with Crippen molar-refractivity contribution >= 4 is 17.7 Å². The van der Waals surface area contributed by atoms with Crippen LogP contribution in [0.25, 0.3) is 5.69 Å². The fourth-order valence-electron chi connectivity index (χ4n) is 4.28. The Morgan fingerprint density at radius 2 is 1.72 bits per heavy atom. The number of hydrogen-bond donors (Lipinski definition) is 1. The van der Waals surface area contributed by atoms with Crippen molar-refractivity contribution in [3.8, 4) is 5.69 Å². The molecule has 1 amide bonds. The van der Waals surface area contributed by atoms with Crippen LogP contribution < -0.4 is 5.32 Å². The number of hydrogen-bond acceptors (Lipinski definition) is 4. The molecule has 4 aromatic rings. The first-order valence-electron chi connectivity index (χ1n) is 12.3. The molecule has 0 bridgehead atoms. The van der Waals surface area contributed by atoms with E-state index in [1.54, 1.807) is 23.9 Å². The van der Waals surface area contributed by atoms with E-state index in [1.165, 1.54) is 12.1 Å². The summed E-state index contributed by atoms with van der Waals surface area (Å²) in [6.45, 7) is 2.05. The Morgan fingerprint density at radius 3 is 2.39 bits per heavy atom. The van der Waals surface area contributed by atoms with Crippen LogP contribution in [0.1, 0.15) is 47.8 Å². The lowest BCUT2D eigenvalue weighted by Crippen LogP contribution is -2.38. The second-order valence-electron chi connectivity index (χ2n) is 9.31. The second kappa shape index (κ2) is 11.1. The summed E-state index contributed by atoms with van der Waals surface area (Å²) < 4.78 is 15.4. The first-order chi connectivity index (χ1) is 17.6. The molecule has 1 aromatic heterocycles. The van der Waals surface area contributed by atoms with Crippen LogP contribution in [0.2, 0.25) is 0 Å². The zero-order valence-electron chi connectivity index (χ0n) is 20.2. The van der Waals surface area contributed by atoms with Crippen LogP contribution in [0.4, 0.5) is 4.39 Å². The average Bonchev–Trinajstić information content (AvgIpc) is 3.27. The van der Waals surface area contributed by atoms with E-state index in [9.17, 15) is 9.18 Å². The smallest absolute Gasteiger partial charge is 0.223 e. The van der Waals surface area contributed by atoms with Gasteiger partial charge in [0, 0.05) is 17.4 Å². The fourth-order valence-corrected chi connectivity index (χ4v) is 5.20. The summed E-state index contributed by atoms with van der Waals surface area (Å²) >= 11 is 1.54. The highest BCUT2D eigenvalue weighted by atomic mass is 32.2. The van der Waals surface area contributed by atoms with Crippen LogP contribution in [0.5, 0.6) is 0 Å². The van der Waals surface area contributed by atoms with Gasteiger partial charge >= 0.3 is 0 Å². The van der Waals surface area contributed by atoms with Gasteiger partial charge < -0.3 is 5.32 Å². The largest absolute Gasteiger partial charge is 0.345 e. The highest BCUT2D eigenvalue weighted by Crippen LogP contribution is 2.31. The third-order valence-corrected chi connectivity index (χ3v) is 7.62. The molecule has 5 rings (SSSR count). The molecule has 0 aliphatic heterocycles. The first-order valence-corrected chi connectivity index (χ1v) is 13.3. The number of halogens is 1. The van der Waals surface area contributed by atoms with E-state index < -0.39 is 0 Å². The molecule has 0 saturated heterocycles. The average molecular weight is 501 g/mol. The number of thioether (sulfide) groups is 1. The van der Waals surface area contributed by atoms with Gasteiger partial charge in [0.15, 0.2) is 11.0 Å². The maximum atomic E-state index is 13.4. The fraction of sp³-hybridized carbons (Fsp3) is 0.276. The molecule has 1 unspecified atom stereocenters. The van der Waals surface area contributed by atoms with Crippen molar-refractivity contribution in [2.24, 2.45) is 5.92 Å². The van der Waals surface area contributed by atoms with Crippen LogP contribution >= 0.6 is 11.8 Å². The van der Waals surface area contributed by atoms with Gasteiger partial charge in [0.05, 0.1) is 6.04 Å². The molecule has 5 nitrogen and oxygen atoms in total. The van der Waals surface area contributed by atoms with E-state index in [0.29, 0.717) is 18.0 Å². The third kappa shape index (κ3) is 5.68. The predicted molar refractivity (Wildman–Crippen MR) is 140 cm³/mol. The number of aromatic nitrogens is 3. The summed E-state index contributed by atoms with van der Waals surface area (Å²) in [6, 6.07) is 24.6. The summed E-state index contributed by atoms with van der Waals surface area (Å²) in [5.41, 5.74) is 4.22. The van der Waals surface area contributed by atoms with Crippen molar-refractivity contribution in [2.45, 2.75) is 49.6 Å². The number of benzene rings is 3. The molecule has 184 valence electrons. The first kappa shape index (κ1) is 24.3. The van der Waals surface area contributed by atoms with Crippen molar-refractivity contribution in [3.05, 3.63) is 107 Å². The lowest BCUT2D eigenvalue weighted by molar-refractivity contribution is -0.128. The molecule has 1 aliphatic carbocycles. The van der Waals surface area contributed by atoms with Gasteiger partial charge in [0.1, 0.15) is 5.82 Å². The molecule has 3 aromatic carbocycles. The van der Waals surface area contributed by atoms with Gasteiger partial charge in [-0.25, -0.2) is 4.39 Å². The van der Waals surface area contributed by atoms with Crippen LogP contribution in [0.3, 0.4) is 0 Å². The summed E-state index contributed by atoms with van der Waals surface area (Å²) in [4.78, 5) is 13.0. The highest BCUT2D eigenvalue weighted by Gasteiger charge is 2.30. The lowest BCUT2D eigenvalue weighted by Gasteiger charge is -2.27. The van der Waals surface area contributed by atoms with E-state index in [4.69, 9.17) is 0 Å². The number of nitrogens with one attached hydrogen (secondary N) is 1. The second-order valence-corrected chi connectivity index (χ2v) is 10.2. The molecule has 1 heterocycles. The molecule has 1 aliphatic rings. The van der Waals surface area contributed by atoms with Crippen molar-refractivity contribution in [2.75, 3.05) is 0 Å². The molecule has 1 N–H and O–H groups in total. The van der Waals surface area contributed by atoms with Gasteiger partial charge in [-0.2, -0.15) is 0 Å². The zero-order valence-corrected chi connectivity index (χ0v) is 21.0. The molecule has 0 radical (unpaired) electrons. The summed E-state index contributed by atoms with van der Waals surface area (Å²) in [5.74, 6) is 1.24. The highest BCUT2D eigenvalue weighted by molar-refractivity contribution is 7.98. The normalized spacial score (nSPS) is 14.3. The van der Waals surface area contributed by atoms with Gasteiger partial charge in [0.25, 0.3) is 0 Å². The van der Waals surface area contributed by atoms with Crippen LogP contribution in [-0.4, -0.2) is 20.7 Å². The van der Waals surface area contributed by atoms with Gasteiger partial charge in [0.2, 0.25) is 5.91 Å². The van der Waals surface area contributed by atoms with Crippen LogP contribution in [-0.2, 0) is 17.0 Å². The molecule has 36 heavy (non-hydrogen) atoms. The Morgan fingerprint density at radius 1 is 1.00 bits per heavy atom. The Bertz CT molecular complexity index is 1300. The molecule has 1 atom stereocenters. The number of rotatable bonds is 9. The zero-order chi connectivity index (χ0) is 24.9. The number of amides is 1. The molecular formula is C29H29FN4OS. The van der Waals surface area contributed by atoms with E-state index in [0.717, 1.165) is 46.8 Å². The maximum Gasteiger partial charge on any atom is 0.223 e. The maximum absolute atomic E-state index is 13.4. The summed E-state index contributed by atoms with van der Waals surface area (Å²) in [5, 5.41) is 13.2. The van der Waals surface area contributed by atoms with Gasteiger partial charge in [-0.1, -0.05) is 78.3 Å². The number of carbonyl (C=O) groups excluding carboxylic acids is 1. The Balaban J connectivity index is 1.50. The molecule has 1 saturated carbocycles. The molecular weight excluding hydrogens is 471 g/mol. The van der Waals surface area contributed by atoms with Crippen molar-refractivity contribution in [3.63, 3.8) is 0 Å². The Labute approximate surface area is 215 Å². The lowest BCUT2D eigenvalue weighted by atomic mass is 9.84. The number of carbonyl (C=O) groups is 1. The van der Waals surface area contributed by atoms with Gasteiger partial charge in [-0.3, -0.25) is 9.36 Å². The van der Waals surface area contributed by atoms with Gasteiger partial charge in [-0.15, -0.1) is 10.2 Å². The monoisotopic (exact) mass is 500 g/mol. The summed E-state index contributed by atoms with van der Waals surface area (Å²) in [7, 11) is 0. The van der Waals surface area contributed by atoms with E-state index in [1.807, 2.05) is 22.8 Å². The van der Waals surface area contributed by atoms with Crippen molar-refractivity contribution in [1.29, 1.82) is 0 Å². The minimum atomic E-state index is -0.325. The predicted octanol–water partition coefficient (Wildman–Crippen LogP) is 6.21. The standard InChI is InChI=1S/C29H29FN4OS/c1-20-10-16-25(17-11-20)34-27(32-33-29(34)36-19-22-12-14-24(30)15-13-22)26(18-21-6-3-2-4-7-21)31-28(35)23-8-5-9-23/h2-4,6-7,10-17,23,26H,5,8-9,18-19H2,1H3,(H,31,35). The van der Waals surface area contributed by atoms with Crippen molar-refractivity contribution < 1.29 is 9.18 Å². The van der Waals surface area contributed by atoms with Crippen LogP contribution in [0, 0.1) is 18.7 Å². The minimum absolute atomic E-state index is 0.0753. The molecule has 7 heteroatoms. The molecule has 1 fully saturated rings. The van der Waals surface area contributed by atoms with E-state index in [-0.39, 0.29) is 23.7 Å². The molecule has 0 spiro atoms. The van der Waals surface area contributed by atoms with Gasteiger partial charge in [-0.05, 0) is 61.6 Å². The SMILES string of the molecule is Cc1ccc(-n2c(SCc3ccc(F)cc3)nnc2C(Cc2ccccc2)NC(=O)C2CCC2)cc1. The third-order valence-electron chi connectivity index (χ3n) is 6.62. The van der Waals surface area contributed by atoms with E-state index >= 15 is 0 Å². The Hall–Kier alpha value is -3.45.